The Hall–Kier alpha value is -2.00. The van der Waals surface area contributed by atoms with Crippen molar-refractivity contribution in [3.8, 4) is 11.5 Å². The summed E-state index contributed by atoms with van der Waals surface area (Å²) < 4.78 is 16.3. The number of thioether (sulfide) groups is 1. The Bertz CT molecular complexity index is 764. The van der Waals surface area contributed by atoms with Gasteiger partial charge in [0.2, 0.25) is 0 Å². The number of methoxy groups -OCH3 is 1. The third kappa shape index (κ3) is 4.59. The first-order chi connectivity index (χ1) is 12.4. The van der Waals surface area contributed by atoms with E-state index in [2.05, 4.69) is 15.9 Å². The van der Waals surface area contributed by atoms with Crippen LogP contribution in [0.15, 0.2) is 21.5 Å². The molecule has 0 aliphatic carbocycles. The molecule has 1 fully saturated rings. The van der Waals surface area contributed by atoms with Gasteiger partial charge in [0.15, 0.2) is 11.5 Å². The fourth-order valence-corrected chi connectivity index (χ4v) is 3.47. The summed E-state index contributed by atoms with van der Waals surface area (Å²) in [6.07, 6.45) is 1.57. The molecule has 2 rings (SSSR count). The number of ether oxygens (including phenoxy) is 3. The Kier molecular flexibility index (Phi) is 7.10. The van der Waals surface area contributed by atoms with E-state index in [1.165, 1.54) is 7.11 Å². The summed E-state index contributed by atoms with van der Waals surface area (Å²) in [7, 11) is 1.52. The highest BCUT2D eigenvalue weighted by atomic mass is 79.9. The second-order valence-electron chi connectivity index (χ2n) is 5.03. The van der Waals surface area contributed by atoms with Crippen molar-refractivity contribution >= 4 is 50.9 Å². The SMILES string of the molecule is CCOC(=O)CN1C(=O)SC(=Cc2cc(OC)c(OCC)cc2Br)C1=O. The molecule has 0 radical (unpaired) electrons. The highest BCUT2D eigenvalue weighted by Crippen LogP contribution is 2.37. The minimum absolute atomic E-state index is 0.184. The number of benzene rings is 1. The van der Waals surface area contributed by atoms with Crippen molar-refractivity contribution in [2.24, 2.45) is 0 Å². The van der Waals surface area contributed by atoms with Gasteiger partial charge in [-0.25, -0.2) is 0 Å². The van der Waals surface area contributed by atoms with Crippen LogP contribution in [0.4, 0.5) is 4.79 Å². The van der Waals surface area contributed by atoms with Crippen LogP contribution in [0.1, 0.15) is 19.4 Å². The topological polar surface area (TPSA) is 82.1 Å². The lowest BCUT2D eigenvalue weighted by Crippen LogP contribution is -2.34. The summed E-state index contributed by atoms with van der Waals surface area (Å²) in [5.41, 5.74) is 0.645. The predicted octanol–water partition coefficient (Wildman–Crippen LogP) is 3.46. The largest absolute Gasteiger partial charge is 0.493 e. The van der Waals surface area contributed by atoms with Gasteiger partial charge in [-0.3, -0.25) is 19.3 Å². The molecule has 1 aromatic carbocycles. The molecule has 0 bridgehead atoms. The molecule has 9 heteroatoms. The third-order valence-corrected chi connectivity index (χ3v) is 4.93. The molecule has 1 saturated heterocycles. The molecule has 0 saturated carbocycles. The number of esters is 1. The van der Waals surface area contributed by atoms with E-state index < -0.39 is 23.7 Å². The molecular formula is C17H18BrNO6S. The van der Waals surface area contributed by atoms with Crippen LogP contribution in [0.2, 0.25) is 0 Å². The minimum atomic E-state index is -0.625. The van der Waals surface area contributed by atoms with Gasteiger partial charge >= 0.3 is 5.97 Å². The molecule has 0 aromatic heterocycles. The fraction of sp³-hybridized carbons (Fsp3) is 0.353. The van der Waals surface area contributed by atoms with Crippen LogP contribution in [0.5, 0.6) is 11.5 Å². The quantitative estimate of drug-likeness (QED) is 0.471. The van der Waals surface area contributed by atoms with E-state index in [9.17, 15) is 14.4 Å². The summed E-state index contributed by atoms with van der Waals surface area (Å²) in [6, 6.07) is 3.44. The highest BCUT2D eigenvalue weighted by molar-refractivity contribution is 9.10. The molecule has 26 heavy (non-hydrogen) atoms. The number of hydrogen-bond acceptors (Lipinski definition) is 7. The van der Waals surface area contributed by atoms with E-state index in [0.717, 1.165) is 16.7 Å². The Labute approximate surface area is 163 Å². The first kappa shape index (κ1) is 20.3. The van der Waals surface area contributed by atoms with Crippen LogP contribution < -0.4 is 9.47 Å². The van der Waals surface area contributed by atoms with Crippen molar-refractivity contribution in [1.29, 1.82) is 0 Å². The van der Waals surface area contributed by atoms with Gasteiger partial charge in [0.1, 0.15) is 6.54 Å². The summed E-state index contributed by atoms with van der Waals surface area (Å²) in [5.74, 6) is -0.0886. The maximum absolute atomic E-state index is 12.4. The lowest BCUT2D eigenvalue weighted by molar-refractivity contribution is -0.145. The maximum Gasteiger partial charge on any atom is 0.326 e. The van der Waals surface area contributed by atoms with Gasteiger partial charge in [-0.2, -0.15) is 0 Å². The molecular weight excluding hydrogens is 426 g/mol. The Balaban J connectivity index is 2.28. The predicted molar refractivity (Wildman–Crippen MR) is 101 cm³/mol. The van der Waals surface area contributed by atoms with Crippen LogP contribution in [-0.2, 0) is 14.3 Å². The van der Waals surface area contributed by atoms with E-state index >= 15 is 0 Å². The zero-order valence-electron chi connectivity index (χ0n) is 14.5. The molecule has 0 atom stereocenters. The Morgan fingerprint density at radius 3 is 2.58 bits per heavy atom. The van der Waals surface area contributed by atoms with Crippen molar-refractivity contribution < 1.29 is 28.6 Å². The zero-order valence-corrected chi connectivity index (χ0v) is 16.9. The number of rotatable bonds is 7. The van der Waals surface area contributed by atoms with Gasteiger partial charge in [-0.1, -0.05) is 15.9 Å². The normalized spacial score (nSPS) is 15.5. The Morgan fingerprint density at radius 2 is 1.96 bits per heavy atom. The lowest BCUT2D eigenvalue weighted by Gasteiger charge is -2.12. The number of imide groups is 1. The van der Waals surface area contributed by atoms with Gasteiger partial charge < -0.3 is 14.2 Å². The first-order valence-corrected chi connectivity index (χ1v) is 9.43. The van der Waals surface area contributed by atoms with Crippen molar-refractivity contribution in [2.75, 3.05) is 26.9 Å². The number of nitrogens with zero attached hydrogens (tertiary/aromatic N) is 1. The van der Waals surface area contributed by atoms with Crippen molar-refractivity contribution in [2.45, 2.75) is 13.8 Å². The van der Waals surface area contributed by atoms with Gasteiger partial charge in [0.25, 0.3) is 11.1 Å². The van der Waals surface area contributed by atoms with Crippen LogP contribution in [0, 0.1) is 0 Å². The van der Waals surface area contributed by atoms with E-state index in [4.69, 9.17) is 14.2 Å². The third-order valence-electron chi connectivity index (χ3n) is 3.34. The molecule has 1 aliphatic heterocycles. The number of carbonyl (C=O) groups is 3. The molecule has 1 aliphatic rings. The van der Waals surface area contributed by atoms with Gasteiger partial charge in [0, 0.05) is 4.47 Å². The number of carbonyl (C=O) groups excluding carboxylic acids is 3. The number of amides is 2. The highest BCUT2D eigenvalue weighted by Gasteiger charge is 2.36. The number of halogens is 1. The monoisotopic (exact) mass is 443 g/mol. The first-order valence-electron chi connectivity index (χ1n) is 7.82. The van der Waals surface area contributed by atoms with Crippen LogP contribution in [-0.4, -0.2) is 48.9 Å². The second-order valence-corrected chi connectivity index (χ2v) is 6.88. The zero-order chi connectivity index (χ0) is 19.3. The summed E-state index contributed by atoms with van der Waals surface area (Å²) >= 11 is 4.20. The molecule has 2 amide bonds. The molecule has 0 unspecified atom stereocenters. The van der Waals surface area contributed by atoms with Crippen molar-refractivity contribution in [3.63, 3.8) is 0 Å². The second kappa shape index (κ2) is 9.09. The summed E-state index contributed by atoms with van der Waals surface area (Å²) in [6.45, 7) is 3.78. The average molecular weight is 444 g/mol. The van der Waals surface area contributed by atoms with Gasteiger partial charge in [0.05, 0.1) is 25.2 Å². The van der Waals surface area contributed by atoms with Gasteiger partial charge in [-0.15, -0.1) is 0 Å². The van der Waals surface area contributed by atoms with Crippen LogP contribution in [0.25, 0.3) is 6.08 Å². The standard InChI is InChI=1S/C17H18BrNO6S/c1-4-24-13-8-11(18)10(6-12(13)23-3)7-14-16(21)19(17(22)26-14)9-15(20)25-5-2/h6-8H,4-5,9H2,1-3H3. The Morgan fingerprint density at radius 1 is 1.23 bits per heavy atom. The lowest BCUT2D eigenvalue weighted by atomic mass is 10.2. The van der Waals surface area contributed by atoms with Crippen molar-refractivity contribution in [3.05, 3.63) is 27.1 Å². The molecule has 140 valence electrons. The molecule has 0 spiro atoms. The van der Waals surface area contributed by atoms with E-state index in [1.54, 1.807) is 25.1 Å². The maximum atomic E-state index is 12.4. The number of hydrogen-bond donors (Lipinski definition) is 0. The summed E-state index contributed by atoms with van der Waals surface area (Å²) in [5, 5.41) is -0.511. The molecule has 1 heterocycles. The molecule has 1 aromatic rings. The van der Waals surface area contributed by atoms with E-state index in [0.29, 0.717) is 28.1 Å². The molecule has 7 nitrogen and oxygen atoms in total. The molecule has 0 N–H and O–H groups in total. The van der Waals surface area contributed by atoms with E-state index in [1.807, 2.05) is 6.92 Å². The smallest absolute Gasteiger partial charge is 0.326 e. The van der Waals surface area contributed by atoms with Gasteiger partial charge in [-0.05, 0) is 49.4 Å². The fourth-order valence-electron chi connectivity index (χ4n) is 2.20. The summed E-state index contributed by atoms with van der Waals surface area (Å²) in [4.78, 5) is 37.1. The minimum Gasteiger partial charge on any atom is -0.493 e. The van der Waals surface area contributed by atoms with E-state index in [-0.39, 0.29) is 11.5 Å². The van der Waals surface area contributed by atoms with Crippen LogP contribution >= 0.6 is 27.7 Å². The van der Waals surface area contributed by atoms with Crippen molar-refractivity contribution in [1.82, 2.24) is 4.90 Å². The average Bonchev–Trinajstić information content (AvgIpc) is 2.85. The van der Waals surface area contributed by atoms with Crippen LogP contribution in [0.3, 0.4) is 0 Å².